The van der Waals surface area contributed by atoms with Gasteiger partial charge in [-0.3, -0.25) is 0 Å². The predicted molar refractivity (Wildman–Crippen MR) is 51.7 cm³/mol. The van der Waals surface area contributed by atoms with Crippen LogP contribution in [0.25, 0.3) is 0 Å². The molecule has 1 fully saturated rings. The molecule has 1 saturated heterocycles. The van der Waals surface area contributed by atoms with Gasteiger partial charge in [0.05, 0.1) is 0 Å². The Morgan fingerprint density at radius 1 is 1.20 bits per heavy atom. The zero-order chi connectivity index (χ0) is 7.40. The van der Waals surface area contributed by atoms with Gasteiger partial charge in [-0.05, 0) is 0 Å². The van der Waals surface area contributed by atoms with Crippen LogP contribution in [0.1, 0.15) is 0 Å². The first-order chi connectivity index (χ1) is 4.86. The van der Waals surface area contributed by atoms with E-state index in [2.05, 4.69) is 31.9 Å². The Morgan fingerprint density at radius 3 is 2.10 bits per heavy atom. The van der Waals surface area contributed by atoms with E-state index in [-0.39, 0.29) is 0 Å². The van der Waals surface area contributed by atoms with Gasteiger partial charge in [0.1, 0.15) is 0 Å². The van der Waals surface area contributed by atoms with Crippen LogP contribution in [0.2, 0.25) is 9.63 Å². The van der Waals surface area contributed by atoms with E-state index in [1.165, 1.54) is 0 Å². The summed E-state index contributed by atoms with van der Waals surface area (Å²) < 4.78 is 5.43. The number of ether oxygens (including phenoxy) is 1. The Morgan fingerprint density at radius 2 is 1.70 bits per heavy atom. The standard InChI is InChI=1S/C6H10Br2OSe/c7-1-5-3-9-4-6(2-8)10-5/h5-6H,1-4H2. The summed E-state index contributed by atoms with van der Waals surface area (Å²) >= 11 is 7.74. The minimum atomic E-state index is 0.769. The van der Waals surface area contributed by atoms with Crippen molar-refractivity contribution >= 4 is 46.8 Å². The molecular formula is C6H10Br2OSe. The van der Waals surface area contributed by atoms with Crippen molar-refractivity contribution < 1.29 is 4.74 Å². The Kier molecular flexibility index (Phi) is 4.91. The molecule has 0 aromatic rings. The van der Waals surface area contributed by atoms with Crippen LogP contribution >= 0.6 is 31.9 Å². The van der Waals surface area contributed by atoms with Crippen molar-refractivity contribution in [3.63, 3.8) is 0 Å². The SMILES string of the molecule is BrCC1COCC(CBr)[Se]1. The molecule has 1 aliphatic rings. The summed E-state index contributed by atoms with van der Waals surface area (Å²) in [6.45, 7) is 1.93. The van der Waals surface area contributed by atoms with Gasteiger partial charge in [-0.15, -0.1) is 0 Å². The summed E-state index contributed by atoms with van der Waals surface area (Å²) in [5.41, 5.74) is 0. The van der Waals surface area contributed by atoms with Gasteiger partial charge < -0.3 is 0 Å². The summed E-state index contributed by atoms with van der Waals surface area (Å²) in [5, 5.41) is 2.22. The third-order valence-corrected chi connectivity index (χ3v) is 7.71. The third kappa shape index (κ3) is 2.82. The Labute approximate surface area is 84.7 Å². The Hall–Kier alpha value is 1.44. The van der Waals surface area contributed by atoms with Crippen LogP contribution < -0.4 is 0 Å². The molecule has 1 heterocycles. The van der Waals surface area contributed by atoms with Crippen molar-refractivity contribution in [1.29, 1.82) is 0 Å². The molecule has 10 heavy (non-hydrogen) atoms. The molecule has 0 aliphatic carbocycles. The molecule has 2 atom stereocenters. The van der Waals surface area contributed by atoms with Crippen LogP contribution in [0.3, 0.4) is 0 Å². The van der Waals surface area contributed by atoms with Crippen molar-refractivity contribution in [2.45, 2.75) is 9.63 Å². The van der Waals surface area contributed by atoms with Crippen molar-refractivity contribution in [3.05, 3.63) is 0 Å². The zero-order valence-corrected chi connectivity index (χ0v) is 10.4. The van der Waals surface area contributed by atoms with Crippen LogP contribution in [0.15, 0.2) is 0 Å². The number of rotatable bonds is 2. The quantitative estimate of drug-likeness (QED) is 0.554. The second-order valence-corrected chi connectivity index (χ2v) is 6.89. The molecule has 1 aliphatic heterocycles. The average molecular weight is 337 g/mol. The summed E-state index contributed by atoms with van der Waals surface area (Å²) in [7, 11) is 0. The second-order valence-electron chi connectivity index (χ2n) is 2.23. The van der Waals surface area contributed by atoms with Crippen LogP contribution in [-0.2, 0) is 4.74 Å². The van der Waals surface area contributed by atoms with Gasteiger partial charge in [0.2, 0.25) is 0 Å². The van der Waals surface area contributed by atoms with Gasteiger partial charge in [-0.25, -0.2) is 0 Å². The first kappa shape index (κ1) is 9.53. The minimum absolute atomic E-state index is 0.769. The molecule has 0 N–H and O–H groups in total. The molecule has 0 aromatic heterocycles. The van der Waals surface area contributed by atoms with Gasteiger partial charge >= 0.3 is 85.1 Å². The summed E-state index contributed by atoms with van der Waals surface area (Å²) in [6.07, 6.45) is 0. The van der Waals surface area contributed by atoms with Gasteiger partial charge in [0.15, 0.2) is 0 Å². The van der Waals surface area contributed by atoms with Crippen molar-refractivity contribution in [2.75, 3.05) is 23.9 Å². The van der Waals surface area contributed by atoms with Gasteiger partial charge in [0, 0.05) is 0 Å². The van der Waals surface area contributed by atoms with E-state index in [1.807, 2.05) is 0 Å². The fraction of sp³-hybridized carbons (Fsp3) is 1.00. The van der Waals surface area contributed by atoms with E-state index < -0.39 is 0 Å². The number of halogens is 2. The summed E-state index contributed by atoms with van der Waals surface area (Å²) in [6, 6.07) is 0. The summed E-state index contributed by atoms with van der Waals surface area (Å²) in [4.78, 5) is 1.59. The number of hydrogen-bond acceptors (Lipinski definition) is 1. The molecule has 1 rings (SSSR count). The van der Waals surface area contributed by atoms with Crippen LogP contribution in [0, 0.1) is 0 Å². The predicted octanol–water partition coefficient (Wildman–Crippen LogP) is 2.09. The molecule has 2 unspecified atom stereocenters. The topological polar surface area (TPSA) is 9.23 Å². The molecule has 0 aromatic carbocycles. The summed E-state index contributed by atoms with van der Waals surface area (Å²) in [5.74, 6) is 0. The molecule has 60 valence electrons. The van der Waals surface area contributed by atoms with E-state index in [0.29, 0.717) is 0 Å². The van der Waals surface area contributed by atoms with Gasteiger partial charge in [0.25, 0.3) is 0 Å². The van der Waals surface area contributed by atoms with Crippen LogP contribution in [0.5, 0.6) is 0 Å². The fourth-order valence-corrected chi connectivity index (χ4v) is 4.98. The molecular weight excluding hydrogens is 327 g/mol. The van der Waals surface area contributed by atoms with E-state index in [1.54, 1.807) is 0 Å². The Bertz CT molecular complexity index is 91.7. The van der Waals surface area contributed by atoms with E-state index >= 15 is 0 Å². The van der Waals surface area contributed by atoms with E-state index in [9.17, 15) is 0 Å². The van der Waals surface area contributed by atoms with Crippen molar-refractivity contribution in [2.24, 2.45) is 0 Å². The van der Waals surface area contributed by atoms with E-state index in [0.717, 1.165) is 48.5 Å². The molecule has 1 nitrogen and oxygen atoms in total. The van der Waals surface area contributed by atoms with E-state index in [4.69, 9.17) is 4.74 Å². The Balaban J connectivity index is 2.25. The number of alkyl halides is 2. The molecule has 0 saturated carbocycles. The molecule has 0 amide bonds. The van der Waals surface area contributed by atoms with Crippen LogP contribution in [-0.4, -0.2) is 38.8 Å². The molecule has 0 radical (unpaired) electrons. The zero-order valence-electron chi connectivity index (χ0n) is 5.56. The molecule has 0 spiro atoms. The van der Waals surface area contributed by atoms with Crippen molar-refractivity contribution in [3.8, 4) is 0 Å². The first-order valence-electron chi connectivity index (χ1n) is 3.22. The van der Waals surface area contributed by atoms with Crippen molar-refractivity contribution in [1.82, 2.24) is 0 Å². The number of hydrogen-bond donors (Lipinski definition) is 0. The van der Waals surface area contributed by atoms with Gasteiger partial charge in [-0.1, -0.05) is 0 Å². The average Bonchev–Trinajstić information content (AvgIpc) is 2.05. The molecule has 4 heteroatoms. The second kappa shape index (κ2) is 5.15. The van der Waals surface area contributed by atoms with Gasteiger partial charge in [-0.2, -0.15) is 0 Å². The molecule has 0 bridgehead atoms. The normalized spacial score (nSPS) is 34.2. The monoisotopic (exact) mass is 336 g/mol. The maximum absolute atomic E-state index is 5.43. The third-order valence-electron chi connectivity index (χ3n) is 1.34. The van der Waals surface area contributed by atoms with Crippen LogP contribution in [0.4, 0.5) is 0 Å². The first-order valence-corrected chi connectivity index (χ1v) is 7.44. The maximum atomic E-state index is 5.43. The fourth-order valence-electron chi connectivity index (χ4n) is 0.843.